The molecule has 0 aromatic heterocycles. The standard InChI is InChI=1S/C14H14F2N2O2/c15-13(16)20-11-6-2-1-5-10(11)18-12(19)14(9-17)7-3-4-8-14/h1-2,5-6,13H,3-4,7-8H2,(H,18,19). The van der Waals surface area contributed by atoms with Crippen molar-refractivity contribution in [2.24, 2.45) is 5.41 Å². The van der Waals surface area contributed by atoms with Crippen molar-refractivity contribution >= 4 is 11.6 Å². The zero-order valence-electron chi connectivity index (χ0n) is 10.7. The summed E-state index contributed by atoms with van der Waals surface area (Å²) < 4.78 is 28.9. The Labute approximate surface area is 115 Å². The average molecular weight is 280 g/mol. The second-order valence-electron chi connectivity index (χ2n) is 4.73. The van der Waals surface area contributed by atoms with Crippen LogP contribution in [0.2, 0.25) is 0 Å². The van der Waals surface area contributed by atoms with Crippen molar-refractivity contribution in [1.82, 2.24) is 0 Å². The second kappa shape index (κ2) is 5.87. The topological polar surface area (TPSA) is 62.1 Å². The van der Waals surface area contributed by atoms with Crippen molar-refractivity contribution < 1.29 is 18.3 Å². The van der Waals surface area contributed by atoms with E-state index in [1.165, 1.54) is 18.2 Å². The summed E-state index contributed by atoms with van der Waals surface area (Å²) in [7, 11) is 0. The fourth-order valence-electron chi connectivity index (χ4n) is 2.38. The molecule has 0 atom stereocenters. The molecule has 0 aliphatic heterocycles. The van der Waals surface area contributed by atoms with E-state index in [9.17, 15) is 18.8 Å². The van der Waals surface area contributed by atoms with Gasteiger partial charge >= 0.3 is 6.61 Å². The quantitative estimate of drug-likeness (QED) is 0.920. The molecule has 0 saturated heterocycles. The number of carbonyl (C=O) groups excluding carboxylic acids is 1. The van der Waals surface area contributed by atoms with E-state index in [2.05, 4.69) is 16.1 Å². The van der Waals surface area contributed by atoms with Crippen LogP contribution in [0.4, 0.5) is 14.5 Å². The molecule has 1 aliphatic carbocycles. The average Bonchev–Trinajstić information content (AvgIpc) is 2.90. The van der Waals surface area contributed by atoms with Gasteiger partial charge in [0.15, 0.2) is 0 Å². The van der Waals surface area contributed by atoms with Gasteiger partial charge in [-0.3, -0.25) is 4.79 Å². The number of nitrogens with one attached hydrogen (secondary N) is 1. The molecule has 1 fully saturated rings. The summed E-state index contributed by atoms with van der Waals surface area (Å²) in [5.74, 6) is -0.565. The molecular formula is C14H14F2N2O2. The number of amides is 1. The van der Waals surface area contributed by atoms with Crippen molar-refractivity contribution in [2.75, 3.05) is 5.32 Å². The molecular weight excluding hydrogens is 266 g/mol. The molecule has 0 heterocycles. The van der Waals surface area contributed by atoms with Crippen molar-refractivity contribution in [3.63, 3.8) is 0 Å². The van der Waals surface area contributed by atoms with E-state index >= 15 is 0 Å². The van der Waals surface area contributed by atoms with E-state index < -0.39 is 17.9 Å². The number of hydrogen-bond donors (Lipinski definition) is 1. The number of rotatable bonds is 4. The van der Waals surface area contributed by atoms with Crippen LogP contribution in [0, 0.1) is 16.7 Å². The Balaban J connectivity index is 2.18. The Morgan fingerprint density at radius 3 is 2.60 bits per heavy atom. The van der Waals surface area contributed by atoms with Gasteiger partial charge in [-0.25, -0.2) is 0 Å². The summed E-state index contributed by atoms with van der Waals surface area (Å²) in [5.41, 5.74) is -0.905. The number of ether oxygens (including phenoxy) is 1. The van der Waals surface area contributed by atoms with Crippen LogP contribution in [0.5, 0.6) is 5.75 Å². The minimum absolute atomic E-state index is 0.109. The van der Waals surface area contributed by atoms with Crippen LogP contribution in [0.15, 0.2) is 24.3 Å². The number of alkyl halides is 2. The molecule has 0 radical (unpaired) electrons. The highest BCUT2D eigenvalue weighted by Gasteiger charge is 2.41. The van der Waals surface area contributed by atoms with Crippen molar-refractivity contribution in [3.05, 3.63) is 24.3 Å². The number of benzene rings is 1. The van der Waals surface area contributed by atoms with Crippen LogP contribution in [0.25, 0.3) is 0 Å². The normalized spacial score (nSPS) is 16.7. The summed E-state index contributed by atoms with van der Waals surface area (Å²) in [5, 5.41) is 11.7. The lowest BCUT2D eigenvalue weighted by molar-refractivity contribution is -0.122. The Kier molecular flexibility index (Phi) is 4.18. The maximum atomic E-state index is 12.3. The highest BCUT2D eigenvalue weighted by atomic mass is 19.3. The number of anilines is 1. The molecule has 1 saturated carbocycles. The van der Waals surface area contributed by atoms with Crippen LogP contribution >= 0.6 is 0 Å². The number of halogens is 2. The van der Waals surface area contributed by atoms with Gasteiger partial charge in [0.25, 0.3) is 0 Å². The predicted octanol–water partition coefficient (Wildman–Crippen LogP) is 3.31. The van der Waals surface area contributed by atoms with E-state index in [-0.39, 0.29) is 11.4 Å². The smallest absolute Gasteiger partial charge is 0.387 e. The van der Waals surface area contributed by atoms with Crippen LogP contribution in [0.3, 0.4) is 0 Å². The number of nitrogens with zero attached hydrogens (tertiary/aromatic N) is 1. The number of hydrogen-bond acceptors (Lipinski definition) is 3. The molecule has 0 unspecified atom stereocenters. The summed E-state index contributed by atoms with van der Waals surface area (Å²) in [4.78, 5) is 12.2. The zero-order valence-corrected chi connectivity index (χ0v) is 10.7. The molecule has 2 rings (SSSR count). The van der Waals surface area contributed by atoms with Gasteiger partial charge < -0.3 is 10.1 Å². The fraction of sp³-hybridized carbons (Fsp3) is 0.429. The molecule has 0 spiro atoms. The fourth-order valence-corrected chi connectivity index (χ4v) is 2.38. The third-order valence-electron chi connectivity index (χ3n) is 3.46. The van der Waals surface area contributed by atoms with E-state index in [0.717, 1.165) is 12.8 Å². The minimum Gasteiger partial charge on any atom is -0.433 e. The molecule has 0 bridgehead atoms. The summed E-state index contributed by atoms with van der Waals surface area (Å²) >= 11 is 0. The zero-order chi connectivity index (χ0) is 14.6. The molecule has 6 heteroatoms. The highest BCUT2D eigenvalue weighted by Crippen LogP contribution is 2.39. The van der Waals surface area contributed by atoms with Gasteiger partial charge in [-0.1, -0.05) is 25.0 Å². The lowest BCUT2D eigenvalue weighted by Gasteiger charge is -2.20. The first-order valence-electron chi connectivity index (χ1n) is 6.34. The molecule has 106 valence electrons. The van der Waals surface area contributed by atoms with Crippen LogP contribution in [-0.4, -0.2) is 12.5 Å². The number of nitriles is 1. The molecule has 4 nitrogen and oxygen atoms in total. The first-order valence-corrected chi connectivity index (χ1v) is 6.34. The SMILES string of the molecule is N#CC1(C(=O)Nc2ccccc2OC(F)F)CCCC1. The summed E-state index contributed by atoms with van der Waals surface area (Å²) in [6.45, 7) is -2.97. The maximum Gasteiger partial charge on any atom is 0.387 e. The van der Waals surface area contributed by atoms with Gasteiger partial charge in [0.1, 0.15) is 11.2 Å². The molecule has 1 aliphatic rings. The Bertz CT molecular complexity index is 534. The largest absolute Gasteiger partial charge is 0.433 e. The van der Waals surface area contributed by atoms with Gasteiger partial charge in [0.2, 0.25) is 5.91 Å². The number of para-hydroxylation sites is 2. The molecule has 1 amide bonds. The Hall–Kier alpha value is -2.16. The number of carbonyl (C=O) groups is 1. The summed E-state index contributed by atoms with van der Waals surface area (Å²) in [6.07, 6.45) is 2.62. The van der Waals surface area contributed by atoms with Gasteiger partial charge in [0.05, 0.1) is 11.8 Å². The van der Waals surface area contributed by atoms with Gasteiger partial charge in [-0.2, -0.15) is 14.0 Å². The molecule has 1 aromatic rings. The van der Waals surface area contributed by atoms with Crippen LogP contribution < -0.4 is 10.1 Å². The lowest BCUT2D eigenvalue weighted by Crippen LogP contribution is -2.32. The van der Waals surface area contributed by atoms with Crippen LogP contribution in [0.1, 0.15) is 25.7 Å². The first-order chi connectivity index (χ1) is 9.57. The van der Waals surface area contributed by atoms with Gasteiger partial charge in [-0.15, -0.1) is 0 Å². The van der Waals surface area contributed by atoms with E-state index in [1.54, 1.807) is 6.07 Å². The predicted molar refractivity (Wildman–Crippen MR) is 68.2 cm³/mol. The monoisotopic (exact) mass is 280 g/mol. The van der Waals surface area contributed by atoms with E-state index in [4.69, 9.17) is 0 Å². The Morgan fingerprint density at radius 2 is 2.00 bits per heavy atom. The summed E-state index contributed by atoms with van der Waals surface area (Å²) in [6, 6.07) is 8.00. The third kappa shape index (κ3) is 2.87. The minimum atomic E-state index is -2.97. The van der Waals surface area contributed by atoms with Gasteiger partial charge in [0, 0.05) is 0 Å². The Morgan fingerprint density at radius 1 is 1.35 bits per heavy atom. The van der Waals surface area contributed by atoms with E-state index in [0.29, 0.717) is 12.8 Å². The lowest BCUT2D eigenvalue weighted by atomic mass is 9.87. The van der Waals surface area contributed by atoms with Crippen LogP contribution in [-0.2, 0) is 4.79 Å². The van der Waals surface area contributed by atoms with Gasteiger partial charge in [-0.05, 0) is 25.0 Å². The second-order valence-corrected chi connectivity index (χ2v) is 4.73. The third-order valence-corrected chi connectivity index (χ3v) is 3.46. The molecule has 1 N–H and O–H groups in total. The van der Waals surface area contributed by atoms with Crippen molar-refractivity contribution in [3.8, 4) is 11.8 Å². The van der Waals surface area contributed by atoms with E-state index in [1.807, 2.05) is 0 Å². The maximum absolute atomic E-state index is 12.3. The van der Waals surface area contributed by atoms with Crippen molar-refractivity contribution in [1.29, 1.82) is 5.26 Å². The molecule has 1 aromatic carbocycles. The van der Waals surface area contributed by atoms with Crippen molar-refractivity contribution in [2.45, 2.75) is 32.3 Å². The highest BCUT2D eigenvalue weighted by molar-refractivity contribution is 5.98. The molecule has 20 heavy (non-hydrogen) atoms. The first kappa shape index (κ1) is 14.3.